The summed E-state index contributed by atoms with van der Waals surface area (Å²) in [5, 5.41) is 0.879. The van der Waals surface area contributed by atoms with Crippen LogP contribution in [0.2, 0.25) is 20.1 Å². The van der Waals surface area contributed by atoms with E-state index < -0.39 is 26.0 Å². The smallest absolute Gasteiger partial charge is 0.776 e. The Morgan fingerprint density at radius 1 is 1.07 bits per heavy atom. The van der Waals surface area contributed by atoms with Gasteiger partial charge < -0.3 is 23.5 Å². The molecule has 2 aromatic rings. The van der Waals surface area contributed by atoms with Crippen LogP contribution in [0.3, 0.4) is 0 Å². The third kappa shape index (κ3) is 7.06. The molecule has 0 N–H and O–H groups in total. The number of carbonyl (C=O) groups excluding carboxylic acids is 1. The molecule has 0 saturated heterocycles. The van der Waals surface area contributed by atoms with Gasteiger partial charge in [-0.1, -0.05) is 52.5 Å². The maximum absolute atomic E-state index is 12.2. The van der Waals surface area contributed by atoms with Crippen LogP contribution >= 0.6 is 54.0 Å². The van der Waals surface area contributed by atoms with E-state index in [1.165, 1.54) is 36.4 Å². The summed E-state index contributed by atoms with van der Waals surface area (Å²) in [6.07, 6.45) is 0. The fourth-order valence-electron chi connectivity index (χ4n) is 1.96. The first-order valence-corrected chi connectivity index (χ1v) is 10.3. The van der Waals surface area contributed by atoms with Crippen molar-refractivity contribution in [2.45, 2.75) is 5.85 Å². The van der Waals surface area contributed by atoms with Crippen molar-refractivity contribution in [1.29, 1.82) is 0 Å². The molecule has 0 saturated carbocycles. The molecule has 0 bridgehead atoms. The molecule has 0 spiro atoms. The van der Waals surface area contributed by atoms with Crippen LogP contribution in [0.5, 0.6) is 5.75 Å². The minimum atomic E-state index is -4.60. The summed E-state index contributed by atoms with van der Waals surface area (Å²) in [5.74, 6) is -2.51. The van der Waals surface area contributed by atoms with Gasteiger partial charge in [-0.25, -0.2) is 4.79 Å². The molecule has 6 nitrogen and oxygen atoms in total. The summed E-state index contributed by atoms with van der Waals surface area (Å²) in [4.78, 5) is 24.3. The molecule has 2 rings (SSSR count). The Kier molecular flexibility index (Phi) is 10.6. The molecule has 2 aromatic carbocycles. The topological polar surface area (TPSA) is 84.9 Å². The first-order chi connectivity index (χ1) is 12.6. The molecule has 0 aliphatic heterocycles. The van der Waals surface area contributed by atoms with Crippen LogP contribution in [0.1, 0.15) is 11.4 Å². The molecular formula is C16H12Cl4NaO6P. The molecule has 146 valence electrons. The summed E-state index contributed by atoms with van der Waals surface area (Å²) in [5.41, 5.74) is 0.0717. The number of benzene rings is 2. The summed E-state index contributed by atoms with van der Waals surface area (Å²) in [7, 11) is -3.65. The summed E-state index contributed by atoms with van der Waals surface area (Å²) >= 11 is 23.4. The van der Waals surface area contributed by atoms with Gasteiger partial charge in [0, 0.05) is 17.7 Å². The van der Waals surface area contributed by atoms with Crippen LogP contribution in [-0.2, 0) is 18.6 Å². The van der Waals surface area contributed by atoms with Crippen LogP contribution in [0.15, 0.2) is 36.4 Å². The maximum Gasteiger partial charge on any atom is 1.00 e. The second-order valence-corrected chi connectivity index (χ2v) is 8.67. The SMILES string of the molecule is COP(=O)([O-])C(OC(=O)COc1ccc(Cl)cc1Cl)c1ccc(Cl)c(Cl)c1.[Na+]. The summed E-state index contributed by atoms with van der Waals surface area (Å²) in [6, 6.07) is 8.40. The molecule has 0 aliphatic carbocycles. The van der Waals surface area contributed by atoms with Gasteiger partial charge in [-0.15, -0.1) is 0 Å². The summed E-state index contributed by atoms with van der Waals surface area (Å²) < 4.78 is 26.9. The first-order valence-electron chi connectivity index (χ1n) is 7.23. The number of halogens is 4. The minimum absolute atomic E-state index is 0. The van der Waals surface area contributed by atoms with E-state index in [9.17, 15) is 14.3 Å². The quantitative estimate of drug-likeness (QED) is 0.332. The number of rotatable bonds is 7. The Balaban J connectivity index is 0.00000392. The van der Waals surface area contributed by atoms with Crippen molar-refractivity contribution in [3.05, 3.63) is 62.1 Å². The van der Waals surface area contributed by atoms with Crippen molar-refractivity contribution >= 4 is 60.0 Å². The first kappa shape index (κ1) is 26.1. The van der Waals surface area contributed by atoms with Crippen LogP contribution < -0.4 is 39.2 Å². The molecular weight excluding hydrogens is 484 g/mol. The number of hydrogen-bond donors (Lipinski definition) is 0. The van der Waals surface area contributed by atoms with Crippen molar-refractivity contribution in [3.63, 3.8) is 0 Å². The van der Waals surface area contributed by atoms with Crippen molar-refractivity contribution in [3.8, 4) is 5.75 Å². The molecule has 0 heterocycles. The Bertz CT molecular complexity index is 897. The molecule has 0 fully saturated rings. The zero-order valence-corrected chi connectivity index (χ0v) is 20.6. The fraction of sp³-hybridized carbons (Fsp3) is 0.188. The van der Waals surface area contributed by atoms with E-state index in [0.29, 0.717) is 5.02 Å². The normalized spacial score (nSPS) is 13.8. The van der Waals surface area contributed by atoms with E-state index in [4.69, 9.17) is 55.9 Å². The van der Waals surface area contributed by atoms with Crippen molar-refractivity contribution in [2.24, 2.45) is 0 Å². The molecule has 2 atom stereocenters. The predicted molar refractivity (Wildman–Crippen MR) is 102 cm³/mol. The van der Waals surface area contributed by atoms with Crippen LogP contribution in [0.4, 0.5) is 0 Å². The predicted octanol–water partition coefficient (Wildman–Crippen LogP) is 2.12. The maximum atomic E-state index is 12.2. The number of carbonyl (C=O) groups is 1. The van der Waals surface area contributed by atoms with Crippen LogP contribution in [0.25, 0.3) is 0 Å². The van der Waals surface area contributed by atoms with Gasteiger partial charge >= 0.3 is 35.5 Å². The van der Waals surface area contributed by atoms with Crippen LogP contribution in [0, 0.1) is 0 Å². The summed E-state index contributed by atoms with van der Waals surface area (Å²) in [6.45, 7) is -0.594. The molecule has 0 aromatic heterocycles. The third-order valence-corrected chi connectivity index (χ3v) is 6.01. The van der Waals surface area contributed by atoms with Gasteiger partial charge in [0.1, 0.15) is 5.75 Å². The molecule has 12 heteroatoms. The molecule has 0 amide bonds. The van der Waals surface area contributed by atoms with Gasteiger partial charge in [0.05, 0.1) is 15.1 Å². The van der Waals surface area contributed by atoms with Gasteiger partial charge in [0.2, 0.25) is 0 Å². The van der Waals surface area contributed by atoms with Crippen molar-refractivity contribution < 1.29 is 57.8 Å². The molecule has 28 heavy (non-hydrogen) atoms. The minimum Gasteiger partial charge on any atom is -0.776 e. The second-order valence-electron chi connectivity index (χ2n) is 5.10. The standard InChI is InChI=1S/C16H13Cl4O6P.Na/c1-24-27(22,23)16(9-2-4-11(18)12(19)6-9)26-15(21)8-25-14-5-3-10(17)7-13(14)20;/h2-7,16H,8H2,1H3,(H,22,23);/q;+1/p-1. The van der Waals surface area contributed by atoms with E-state index in [-0.39, 0.29) is 55.9 Å². The zero-order valence-electron chi connectivity index (χ0n) is 14.7. The monoisotopic (exact) mass is 494 g/mol. The van der Waals surface area contributed by atoms with Crippen molar-refractivity contribution in [1.82, 2.24) is 0 Å². The second kappa shape index (κ2) is 11.4. The Hall–Kier alpha value is 0.0200. The van der Waals surface area contributed by atoms with Gasteiger partial charge in [-0.3, -0.25) is 0 Å². The van der Waals surface area contributed by atoms with E-state index in [1.54, 1.807) is 0 Å². The van der Waals surface area contributed by atoms with Gasteiger partial charge in [0.15, 0.2) is 20.0 Å². The molecule has 0 radical (unpaired) electrons. The number of hydrogen-bond acceptors (Lipinski definition) is 6. The average molecular weight is 496 g/mol. The van der Waals surface area contributed by atoms with E-state index in [0.717, 1.165) is 7.11 Å². The van der Waals surface area contributed by atoms with Crippen molar-refractivity contribution in [2.75, 3.05) is 13.7 Å². The third-order valence-electron chi connectivity index (χ3n) is 3.25. The van der Waals surface area contributed by atoms with Gasteiger partial charge in [-0.05, 0) is 30.3 Å². The Morgan fingerprint density at radius 2 is 1.75 bits per heavy atom. The molecule has 0 aliphatic rings. The van der Waals surface area contributed by atoms with E-state index in [1.807, 2.05) is 0 Å². The molecule has 2 unspecified atom stereocenters. The number of esters is 1. The average Bonchev–Trinajstić information content (AvgIpc) is 2.61. The van der Waals surface area contributed by atoms with E-state index in [2.05, 4.69) is 4.52 Å². The Labute approximate surface area is 203 Å². The largest absolute Gasteiger partial charge is 1.00 e. The number of ether oxygens (including phenoxy) is 2. The zero-order chi connectivity index (χ0) is 20.2. The van der Waals surface area contributed by atoms with Gasteiger partial charge in [-0.2, -0.15) is 0 Å². The fourth-order valence-corrected chi connectivity index (χ4v) is 3.70. The van der Waals surface area contributed by atoms with Gasteiger partial charge in [0.25, 0.3) is 0 Å². The Morgan fingerprint density at radius 3 is 2.32 bits per heavy atom. The van der Waals surface area contributed by atoms with Crippen LogP contribution in [-0.4, -0.2) is 19.7 Å². The van der Waals surface area contributed by atoms with E-state index >= 15 is 0 Å².